The van der Waals surface area contributed by atoms with Crippen molar-refractivity contribution >= 4 is 5.91 Å². The van der Waals surface area contributed by atoms with E-state index in [0.29, 0.717) is 24.2 Å². The molecule has 3 rings (SSSR count). The predicted molar refractivity (Wildman–Crippen MR) is 105 cm³/mol. The molecule has 0 saturated carbocycles. The molecule has 0 bridgehead atoms. The average molecular weight is 419 g/mol. The van der Waals surface area contributed by atoms with Crippen molar-refractivity contribution in [3.05, 3.63) is 60.3 Å². The van der Waals surface area contributed by atoms with Crippen molar-refractivity contribution in [3.8, 4) is 28.5 Å². The highest BCUT2D eigenvalue weighted by atomic mass is 19.4. The molecule has 0 aliphatic rings. The van der Waals surface area contributed by atoms with Crippen LogP contribution in [0.2, 0.25) is 0 Å². The largest absolute Gasteiger partial charge is 0.573 e. The molecule has 3 aromatic rings. The summed E-state index contributed by atoms with van der Waals surface area (Å²) < 4.78 is 46.8. The summed E-state index contributed by atoms with van der Waals surface area (Å²) in [6.07, 6.45) is -4.78. The number of aromatic nitrogens is 1. The maximum Gasteiger partial charge on any atom is 0.573 e. The van der Waals surface area contributed by atoms with E-state index in [0.717, 1.165) is 12.1 Å². The van der Waals surface area contributed by atoms with E-state index in [1.165, 1.54) is 12.1 Å². The Bertz CT molecular complexity index is 984. The molecule has 0 radical (unpaired) electrons. The topological polar surface area (TPSA) is 67.6 Å². The Kier molecular flexibility index (Phi) is 6.41. The van der Waals surface area contributed by atoms with Crippen molar-refractivity contribution in [1.29, 1.82) is 0 Å². The first-order valence-electron chi connectivity index (χ1n) is 9.08. The van der Waals surface area contributed by atoms with Crippen molar-refractivity contribution in [1.82, 2.24) is 15.2 Å². The third-order valence-corrected chi connectivity index (χ3v) is 4.06. The molecule has 0 unspecified atom stereocenters. The van der Waals surface area contributed by atoms with Crippen LogP contribution in [-0.4, -0.2) is 49.3 Å². The maximum atomic E-state index is 12.7. The summed E-state index contributed by atoms with van der Waals surface area (Å²) in [5.41, 5.74) is 1.17. The van der Waals surface area contributed by atoms with E-state index in [4.69, 9.17) is 4.42 Å². The van der Waals surface area contributed by atoms with Gasteiger partial charge in [0, 0.05) is 24.2 Å². The summed E-state index contributed by atoms with van der Waals surface area (Å²) in [7, 11) is 3.78. The van der Waals surface area contributed by atoms with Gasteiger partial charge in [0.15, 0.2) is 11.5 Å². The number of carbonyl (C=O) groups is 1. The lowest BCUT2D eigenvalue weighted by Crippen LogP contribution is -2.31. The van der Waals surface area contributed by atoms with Crippen LogP contribution in [0.1, 0.15) is 10.5 Å². The zero-order valence-electron chi connectivity index (χ0n) is 16.4. The molecule has 0 fully saturated rings. The predicted octanol–water partition coefficient (Wildman–Crippen LogP) is 4.20. The highest BCUT2D eigenvalue weighted by Crippen LogP contribution is 2.31. The Balaban J connectivity index is 1.90. The molecule has 158 valence electrons. The molecule has 30 heavy (non-hydrogen) atoms. The molecule has 9 heteroatoms. The molecule has 0 saturated heterocycles. The molecule has 1 aromatic heterocycles. The van der Waals surface area contributed by atoms with Gasteiger partial charge in [-0.05, 0) is 38.4 Å². The molecule has 6 nitrogen and oxygen atoms in total. The summed E-state index contributed by atoms with van der Waals surface area (Å²) >= 11 is 0. The molecule has 2 aromatic carbocycles. The van der Waals surface area contributed by atoms with E-state index in [1.807, 2.05) is 25.1 Å². The standard InChI is InChI=1S/C21H20F3N3O3/c1-27(2)13-12-25-19(28)17-18(14-6-4-3-5-7-14)29-20(26-17)15-8-10-16(11-9-15)30-21(22,23)24/h3-11H,12-13H2,1-2H3,(H,25,28). The van der Waals surface area contributed by atoms with Crippen molar-refractivity contribution in [2.45, 2.75) is 6.36 Å². The van der Waals surface area contributed by atoms with Gasteiger partial charge in [-0.1, -0.05) is 30.3 Å². The van der Waals surface area contributed by atoms with Gasteiger partial charge in [-0.2, -0.15) is 0 Å². The number of alkyl halides is 3. The lowest BCUT2D eigenvalue weighted by molar-refractivity contribution is -0.274. The Morgan fingerprint density at radius 1 is 1.07 bits per heavy atom. The van der Waals surface area contributed by atoms with Crippen LogP contribution in [0.5, 0.6) is 5.75 Å². The minimum atomic E-state index is -4.78. The quantitative estimate of drug-likeness (QED) is 0.622. The molecule has 0 aliphatic heterocycles. The Labute approximate surface area is 171 Å². The normalized spacial score (nSPS) is 11.5. The monoisotopic (exact) mass is 419 g/mol. The van der Waals surface area contributed by atoms with Gasteiger partial charge in [0.25, 0.3) is 5.91 Å². The van der Waals surface area contributed by atoms with Crippen molar-refractivity contribution < 1.29 is 27.1 Å². The number of ether oxygens (including phenoxy) is 1. The van der Waals surface area contributed by atoms with Crippen molar-refractivity contribution in [2.75, 3.05) is 27.2 Å². The first-order chi connectivity index (χ1) is 14.2. The van der Waals surface area contributed by atoms with Gasteiger partial charge < -0.3 is 19.4 Å². The van der Waals surface area contributed by atoms with Crippen LogP contribution in [0, 0.1) is 0 Å². The summed E-state index contributed by atoms with van der Waals surface area (Å²) in [5, 5.41) is 2.79. The zero-order chi connectivity index (χ0) is 21.7. The Morgan fingerprint density at radius 3 is 2.33 bits per heavy atom. The lowest BCUT2D eigenvalue weighted by Gasteiger charge is -2.09. The lowest BCUT2D eigenvalue weighted by atomic mass is 10.1. The first-order valence-corrected chi connectivity index (χ1v) is 9.08. The van der Waals surface area contributed by atoms with Crippen LogP contribution < -0.4 is 10.1 Å². The summed E-state index contributed by atoms with van der Waals surface area (Å²) in [4.78, 5) is 18.9. The molecule has 1 heterocycles. The minimum absolute atomic E-state index is 0.102. The van der Waals surface area contributed by atoms with E-state index in [-0.39, 0.29) is 23.1 Å². The highest BCUT2D eigenvalue weighted by Gasteiger charge is 2.31. The van der Waals surface area contributed by atoms with Gasteiger partial charge in [0.2, 0.25) is 5.89 Å². The Morgan fingerprint density at radius 2 is 1.73 bits per heavy atom. The molecule has 1 amide bonds. The second-order valence-electron chi connectivity index (χ2n) is 6.69. The number of carbonyl (C=O) groups excluding carboxylic acids is 1. The summed E-state index contributed by atoms with van der Waals surface area (Å²) in [6.45, 7) is 1.07. The van der Waals surface area contributed by atoms with E-state index < -0.39 is 12.3 Å². The van der Waals surface area contributed by atoms with Crippen LogP contribution in [0.4, 0.5) is 13.2 Å². The molecular weight excluding hydrogens is 399 g/mol. The smallest absolute Gasteiger partial charge is 0.435 e. The van der Waals surface area contributed by atoms with Crippen molar-refractivity contribution in [3.63, 3.8) is 0 Å². The van der Waals surface area contributed by atoms with Gasteiger partial charge in [0.1, 0.15) is 5.75 Å². The number of benzene rings is 2. The second kappa shape index (κ2) is 9.00. The number of halogens is 3. The maximum absolute atomic E-state index is 12.7. The summed E-state index contributed by atoms with van der Waals surface area (Å²) in [5.74, 6) is -0.362. The number of hydrogen-bond donors (Lipinski definition) is 1. The minimum Gasteiger partial charge on any atom is -0.435 e. The van der Waals surface area contributed by atoms with Crippen LogP contribution in [0.25, 0.3) is 22.8 Å². The molecule has 1 N–H and O–H groups in total. The molecular formula is C21H20F3N3O3. The van der Waals surface area contributed by atoms with Gasteiger partial charge in [-0.25, -0.2) is 4.98 Å². The van der Waals surface area contributed by atoms with E-state index >= 15 is 0 Å². The number of nitrogens with one attached hydrogen (secondary N) is 1. The number of nitrogens with zero attached hydrogens (tertiary/aromatic N) is 2. The number of likely N-dealkylation sites (N-methyl/N-ethyl adjacent to an activating group) is 1. The third kappa shape index (κ3) is 5.60. The van der Waals surface area contributed by atoms with Crippen LogP contribution in [-0.2, 0) is 0 Å². The summed E-state index contributed by atoms with van der Waals surface area (Å²) in [6, 6.07) is 14.1. The number of oxazole rings is 1. The first kappa shape index (κ1) is 21.4. The van der Waals surface area contributed by atoms with Crippen LogP contribution in [0.15, 0.2) is 59.0 Å². The van der Waals surface area contributed by atoms with E-state index in [2.05, 4.69) is 15.0 Å². The number of hydrogen-bond acceptors (Lipinski definition) is 5. The fourth-order valence-electron chi connectivity index (χ4n) is 2.66. The van der Waals surface area contributed by atoms with Gasteiger partial charge >= 0.3 is 6.36 Å². The molecule has 0 spiro atoms. The average Bonchev–Trinajstić information content (AvgIpc) is 3.13. The third-order valence-electron chi connectivity index (χ3n) is 4.06. The van der Waals surface area contributed by atoms with E-state index in [9.17, 15) is 18.0 Å². The SMILES string of the molecule is CN(C)CCNC(=O)c1nc(-c2ccc(OC(F)(F)F)cc2)oc1-c1ccccc1. The van der Waals surface area contributed by atoms with Crippen LogP contribution in [0.3, 0.4) is 0 Å². The number of rotatable bonds is 7. The second-order valence-corrected chi connectivity index (χ2v) is 6.69. The zero-order valence-corrected chi connectivity index (χ0v) is 16.4. The van der Waals surface area contributed by atoms with Gasteiger partial charge in [-0.15, -0.1) is 13.2 Å². The fourth-order valence-corrected chi connectivity index (χ4v) is 2.66. The van der Waals surface area contributed by atoms with Crippen molar-refractivity contribution in [2.24, 2.45) is 0 Å². The van der Waals surface area contributed by atoms with Crippen LogP contribution >= 0.6 is 0 Å². The number of amides is 1. The van der Waals surface area contributed by atoms with E-state index in [1.54, 1.807) is 24.3 Å². The fraction of sp³-hybridized carbons (Fsp3) is 0.238. The molecule has 0 atom stereocenters. The molecule has 0 aliphatic carbocycles. The van der Waals surface area contributed by atoms with Gasteiger partial charge in [0.05, 0.1) is 0 Å². The Hall–Kier alpha value is -3.33. The highest BCUT2D eigenvalue weighted by molar-refractivity contribution is 5.98. The van der Waals surface area contributed by atoms with Gasteiger partial charge in [-0.3, -0.25) is 4.79 Å².